The number of thioether (sulfide) groups is 1. The Morgan fingerprint density at radius 3 is 1.77 bits per heavy atom. The van der Waals surface area contributed by atoms with Gasteiger partial charge in [0.05, 0.1) is 19.0 Å². The molecule has 30 heavy (non-hydrogen) atoms. The molecule has 158 valence electrons. The summed E-state index contributed by atoms with van der Waals surface area (Å²) in [6, 6.07) is 27.8. The van der Waals surface area contributed by atoms with Crippen molar-refractivity contribution in [1.82, 2.24) is 0 Å². The van der Waals surface area contributed by atoms with E-state index in [1.165, 1.54) is 7.11 Å². The molecule has 0 unspecified atom stereocenters. The number of rotatable bonds is 8. The van der Waals surface area contributed by atoms with Gasteiger partial charge in [-0.15, -0.1) is 24.2 Å². The van der Waals surface area contributed by atoms with Crippen molar-refractivity contribution in [2.24, 2.45) is 5.73 Å². The topological polar surface area (TPSA) is 61.5 Å². The Morgan fingerprint density at radius 2 is 1.33 bits per heavy atom. The highest BCUT2D eigenvalue weighted by Crippen LogP contribution is 2.48. The average Bonchev–Trinajstić information content (AvgIpc) is 2.80. The summed E-state index contributed by atoms with van der Waals surface area (Å²) in [7, 11) is 3.01. The molecule has 0 saturated heterocycles. The van der Waals surface area contributed by atoms with Gasteiger partial charge in [-0.05, 0) is 28.8 Å². The number of hydrogen-bond donors (Lipinski definition) is 1. The molecule has 6 heteroatoms. The molecule has 3 aromatic carbocycles. The monoisotopic (exact) mass is 443 g/mol. The Labute approximate surface area is 188 Å². The zero-order valence-corrected chi connectivity index (χ0v) is 18.6. The zero-order valence-electron chi connectivity index (χ0n) is 17.0. The van der Waals surface area contributed by atoms with Crippen LogP contribution in [0.25, 0.3) is 0 Å². The van der Waals surface area contributed by atoms with Crippen LogP contribution in [0.3, 0.4) is 0 Å². The van der Waals surface area contributed by atoms with E-state index in [0.717, 1.165) is 22.4 Å². The smallest absolute Gasteiger partial charge is 0.323 e. The molecule has 0 spiro atoms. The molecule has 0 aliphatic rings. The van der Waals surface area contributed by atoms with Crippen LogP contribution in [-0.2, 0) is 14.3 Å². The first-order valence-corrected chi connectivity index (χ1v) is 10.3. The quantitative estimate of drug-likeness (QED) is 0.406. The maximum absolute atomic E-state index is 11.9. The van der Waals surface area contributed by atoms with Crippen LogP contribution in [0.2, 0.25) is 0 Å². The maximum atomic E-state index is 11.9. The molecule has 0 aromatic heterocycles. The molecule has 0 aliphatic heterocycles. The van der Waals surface area contributed by atoms with Crippen molar-refractivity contribution in [3.05, 3.63) is 102 Å². The molecule has 4 nitrogen and oxygen atoms in total. The van der Waals surface area contributed by atoms with Crippen molar-refractivity contribution in [1.29, 1.82) is 0 Å². The average molecular weight is 444 g/mol. The molecule has 1 atom stereocenters. The lowest BCUT2D eigenvalue weighted by Gasteiger charge is -2.36. The van der Waals surface area contributed by atoms with Crippen LogP contribution in [0, 0.1) is 0 Å². The van der Waals surface area contributed by atoms with E-state index in [1.54, 1.807) is 18.9 Å². The third kappa shape index (κ3) is 4.98. The van der Waals surface area contributed by atoms with Crippen molar-refractivity contribution in [2.75, 3.05) is 20.0 Å². The molecule has 0 bridgehead atoms. The van der Waals surface area contributed by atoms with Crippen molar-refractivity contribution < 1.29 is 14.3 Å². The van der Waals surface area contributed by atoms with Crippen molar-refractivity contribution in [3.63, 3.8) is 0 Å². The van der Waals surface area contributed by atoms with E-state index in [0.29, 0.717) is 5.75 Å². The van der Waals surface area contributed by atoms with Gasteiger partial charge in [0.25, 0.3) is 0 Å². The highest BCUT2D eigenvalue weighted by atomic mass is 35.5. The van der Waals surface area contributed by atoms with E-state index in [4.69, 9.17) is 15.2 Å². The molecule has 0 amide bonds. The third-order valence-electron chi connectivity index (χ3n) is 4.84. The first kappa shape index (κ1) is 23.8. The second kappa shape index (κ2) is 11.1. The predicted molar refractivity (Wildman–Crippen MR) is 125 cm³/mol. The molecule has 3 aromatic rings. The standard InChI is InChI=1S/C24H25NO3S.ClH/c1-27-21-15-13-20(14-16-21)24(18-9-5-3-6-10-18,19-11-7-4-8-12-19)29-17-22(25)23(26)28-2;/h3-16,22H,17,25H2,1-2H3;1H/t22-;/m0./s1. The van der Waals surface area contributed by atoms with E-state index in [2.05, 4.69) is 36.4 Å². The minimum atomic E-state index is -0.713. The van der Waals surface area contributed by atoms with Gasteiger partial charge in [-0.3, -0.25) is 4.79 Å². The number of halogens is 1. The lowest BCUT2D eigenvalue weighted by Crippen LogP contribution is -2.36. The highest BCUT2D eigenvalue weighted by Gasteiger charge is 2.38. The Balaban J connectivity index is 0.00000320. The SMILES string of the molecule is COC(=O)[C@@H](N)CSC(c1ccccc1)(c1ccccc1)c1ccc(OC)cc1.Cl. The molecule has 3 rings (SSSR count). The van der Waals surface area contributed by atoms with Crippen LogP contribution < -0.4 is 10.5 Å². The van der Waals surface area contributed by atoms with Gasteiger partial charge in [0.15, 0.2) is 0 Å². The van der Waals surface area contributed by atoms with Gasteiger partial charge >= 0.3 is 5.97 Å². The summed E-state index contributed by atoms with van der Waals surface area (Å²) in [6.07, 6.45) is 0. The Kier molecular flexibility index (Phi) is 8.78. The Bertz CT molecular complexity index is 881. The van der Waals surface area contributed by atoms with E-state index >= 15 is 0 Å². The van der Waals surface area contributed by atoms with E-state index in [9.17, 15) is 4.79 Å². The van der Waals surface area contributed by atoms with Gasteiger partial charge < -0.3 is 15.2 Å². The summed E-state index contributed by atoms with van der Waals surface area (Å²) in [5.74, 6) is 0.782. The number of nitrogens with two attached hydrogens (primary N) is 1. The molecule has 0 saturated carbocycles. The van der Waals surface area contributed by atoms with Gasteiger partial charge in [-0.25, -0.2) is 0 Å². The van der Waals surface area contributed by atoms with E-state index in [1.807, 2.05) is 48.5 Å². The van der Waals surface area contributed by atoms with Crippen LogP contribution >= 0.6 is 24.2 Å². The molecule has 0 radical (unpaired) electrons. The van der Waals surface area contributed by atoms with Gasteiger partial charge in [-0.2, -0.15) is 0 Å². The summed E-state index contributed by atoms with van der Waals surface area (Å²) in [4.78, 5) is 11.9. The van der Waals surface area contributed by atoms with Gasteiger partial charge in [0.1, 0.15) is 11.8 Å². The van der Waals surface area contributed by atoms with Crippen molar-refractivity contribution in [3.8, 4) is 5.75 Å². The molecular formula is C24H26ClNO3S. The van der Waals surface area contributed by atoms with Crippen molar-refractivity contribution >= 4 is 30.1 Å². The maximum Gasteiger partial charge on any atom is 0.323 e. The number of methoxy groups -OCH3 is 2. The summed E-state index contributed by atoms with van der Waals surface area (Å²) in [6.45, 7) is 0. The second-order valence-electron chi connectivity index (χ2n) is 6.58. The highest BCUT2D eigenvalue weighted by molar-refractivity contribution is 8.00. The van der Waals surface area contributed by atoms with Crippen LogP contribution in [0.1, 0.15) is 16.7 Å². The van der Waals surface area contributed by atoms with Gasteiger partial charge in [0, 0.05) is 5.75 Å². The fourth-order valence-corrected chi connectivity index (χ4v) is 4.83. The number of hydrogen-bond acceptors (Lipinski definition) is 5. The minimum absolute atomic E-state index is 0. The predicted octanol–water partition coefficient (Wildman–Crippen LogP) is 4.64. The van der Waals surface area contributed by atoms with Gasteiger partial charge in [0.2, 0.25) is 0 Å². The lowest BCUT2D eigenvalue weighted by atomic mass is 9.84. The number of carbonyl (C=O) groups is 1. The van der Waals surface area contributed by atoms with Crippen LogP contribution in [0.4, 0.5) is 0 Å². The van der Waals surface area contributed by atoms with Crippen LogP contribution in [-0.4, -0.2) is 32.0 Å². The summed E-state index contributed by atoms with van der Waals surface area (Å²) < 4.78 is 9.64. The van der Waals surface area contributed by atoms with E-state index < -0.39 is 16.8 Å². The first-order chi connectivity index (χ1) is 14.1. The second-order valence-corrected chi connectivity index (χ2v) is 7.82. The summed E-state index contributed by atoms with van der Waals surface area (Å²) >= 11 is 1.63. The Morgan fingerprint density at radius 1 is 0.867 bits per heavy atom. The fourth-order valence-electron chi connectivity index (χ4n) is 3.36. The molecule has 2 N–H and O–H groups in total. The molecule has 0 fully saturated rings. The normalized spacial score (nSPS) is 11.8. The number of benzene rings is 3. The van der Waals surface area contributed by atoms with Crippen molar-refractivity contribution in [2.45, 2.75) is 10.8 Å². The number of esters is 1. The number of carbonyl (C=O) groups excluding carboxylic acids is 1. The minimum Gasteiger partial charge on any atom is -0.497 e. The van der Waals surface area contributed by atoms with Gasteiger partial charge in [-0.1, -0.05) is 72.8 Å². The molecule has 0 aliphatic carbocycles. The van der Waals surface area contributed by atoms with E-state index in [-0.39, 0.29) is 12.4 Å². The zero-order chi connectivity index (χ0) is 20.7. The fraction of sp³-hybridized carbons (Fsp3) is 0.208. The van der Waals surface area contributed by atoms with Crippen LogP contribution in [0.5, 0.6) is 5.75 Å². The largest absolute Gasteiger partial charge is 0.497 e. The molecular weight excluding hydrogens is 418 g/mol. The first-order valence-electron chi connectivity index (χ1n) is 9.34. The molecule has 0 heterocycles. The Hall–Kier alpha value is -2.47. The van der Waals surface area contributed by atoms with Crippen LogP contribution in [0.15, 0.2) is 84.9 Å². The summed E-state index contributed by atoms with van der Waals surface area (Å²) in [5.41, 5.74) is 9.40. The lowest BCUT2D eigenvalue weighted by molar-refractivity contribution is -0.141. The third-order valence-corrected chi connectivity index (χ3v) is 6.51. The summed E-state index contributed by atoms with van der Waals surface area (Å²) in [5, 5.41) is 0. The number of ether oxygens (including phenoxy) is 2.